The van der Waals surface area contributed by atoms with E-state index in [-0.39, 0.29) is 6.61 Å². The molecule has 0 aliphatic rings. The van der Waals surface area contributed by atoms with E-state index >= 15 is 0 Å². The third-order valence-electron chi connectivity index (χ3n) is 3.62. The SMILES string of the molecule is C=C(C)C(=O)OCCOCCOCCOc1cccc(-c2ccccc2)c1. The van der Waals surface area contributed by atoms with E-state index in [1.165, 1.54) is 0 Å². The smallest absolute Gasteiger partial charge is 0.333 e. The van der Waals surface area contributed by atoms with E-state index < -0.39 is 5.97 Å². The highest BCUT2D eigenvalue weighted by Crippen LogP contribution is 2.23. The standard InChI is InChI=1S/C22H26O5/c1-18(2)22(23)27-16-14-25-12-11-24-13-15-26-21-10-6-9-20(17-21)19-7-4-3-5-8-19/h3-10,17H,1,11-16H2,2H3. The minimum atomic E-state index is -0.400. The molecule has 0 saturated carbocycles. The molecule has 0 bridgehead atoms. The molecule has 0 aliphatic carbocycles. The fraction of sp³-hybridized carbons (Fsp3) is 0.318. The minimum absolute atomic E-state index is 0.215. The molecular weight excluding hydrogens is 344 g/mol. The molecule has 2 aromatic carbocycles. The molecule has 0 atom stereocenters. The van der Waals surface area contributed by atoms with Gasteiger partial charge in [-0.1, -0.05) is 49.0 Å². The highest BCUT2D eigenvalue weighted by atomic mass is 16.6. The number of benzene rings is 2. The molecular formula is C22H26O5. The van der Waals surface area contributed by atoms with E-state index in [0.717, 1.165) is 16.9 Å². The summed E-state index contributed by atoms with van der Waals surface area (Å²) in [6.07, 6.45) is 0. The van der Waals surface area contributed by atoms with Gasteiger partial charge in [-0.3, -0.25) is 0 Å². The molecule has 0 unspecified atom stereocenters. The van der Waals surface area contributed by atoms with Crippen molar-refractivity contribution in [3.05, 3.63) is 66.7 Å². The first-order valence-electron chi connectivity index (χ1n) is 8.93. The van der Waals surface area contributed by atoms with Crippen LogP contribution in [0, 0.1) is 0 Å². The number of ether oxygens (including phenoxy) is 4. The van der Waals surface area contributed by atoms with E-state index in [0.29, 0.717) is 38.6 Å². The van der Waals surface area contributed by atoms with Gasteiger partial charge in [0.25, 0.3) is 0 Å². The quantitative estimate of drug-likeness (QED) is 0.322. The number of hydrogen-bond donors (Lipinski definition) is 0. The maximum Gasteiger partial charge on any atom is 0.333 e. The Kier molecular flexibility index (Phi) is 9.10. The van der Waals surface area contributed by atoms with Crippen LogP contribution in [0.5, 0.6) is 5.75 Å². The van der Waals surface area contributed by atoms with Gasteiger partial charge in [-0.05, 0) is 30.2 Å². The van der Waals surface area contributed by atoms with E-state index in [9.17, 15) is 4.79 Å². The van der Waals surface area contributed by atoms with Crippen LogP contribution in [0.15, 0.2) is 66.7 Å². The van der Waals surface area contributed by atoms with Gasteiger partial charge in [0, 0.05) is 5.57 Å². The van der Waals surface area contributed by atoms with Crippen LogP contribution in [0.4, 0.5) is 0 Å². The maximum absolute atomic E-state index is 11.2. The zero-order valence-electron chi connectivity index (χ0n) is 15.7. The Balaban J connectivity index is 1.54. The van der Waals surface area contributed by atoms with Gasteiger partial charge in [-0.25, -0.2) is 4.79 Å². The third-order valence-corrected chi connectivity index (χ3v) is 3.62. The molecule has 0 saturated heterocycles. The van der Waals surface area contributed by atoms with Gasteiger partial charge in [0.2, 0.25) is 0 Å². The highest BCUT2D eigenvalue weighted by Gasteiger charge is 2.02. The van der Waals surface area contributed by atoms with E-state index in [2.05, 4.69) is 24.8 Å². The lowest BCUT2D eigenvalue weighted by Crippen LogP contribution is -2.14. The van der Waals surface area contributed by atoms with Gasteiger partial charge in [-0.15, -0.1) is 0 Å². The molecule has 5 heteroatoms. The van der Waals surface area contributed by atoms with E-state index in [4.69, 9.17) is 18.9 Å². The first-order chi connectivity index (χ1) is 13.2. The van der Waals surface area contributed by atoms with Crippen LogP contribution in [0.1, 0.15) is 6.92 Å². The molecule has 0 fully saturated rings. The second-order valence-electron chi connectivity index (χ2n) is 5.88. The number of rotatable bonds is 12. The molecule has 2 aromatic rings. The normalized spacial score (nSPS) is 10.4. The van der Waals surface area contributed by atoms with Crippen LogP contribution in [-0.4, -0.2) is 45.6 Å². The third kappa shape index (κ3) is 8.07. The fourth-order valence-corrected chi connectivity index (χ4v) is 2.25. The second-order valence-corrected chi connectivity index (χ2v) is 5.88. The van der Waals surface area contributed by atoms with Gasteiger partial charge in [0.05, 0.1) is 26.4 Å². The molecule has 0 amide bonds. The average molecular weight is 370 g/mol. The molecule has 0 N–H and O–H groups in total. The monoisotopic (exact) mass is 370 g/mol. The van der Waals surface area contributed by atoms with Gasteiger partial charge >= 0.3 is 5.97 Å². The lowest BCUT2D eigenvalue weighted by Gasteiger charge is -2.09. The molecule has 0 radical (unpaired) electrons. The van der Waals surface area contributed by atoms with Crippen LogP contribution in [0.2, 0.25) is 0 Å². The summed E-state index contributed by atoms with van der Waals surface area (Å²) in [6, 6.07) is 18.2. The van der Waals surface area contributed by atoms with Crippen LogP contribution in [0.25, 0.3) is 11.1 Å². The molecule has 144 valence electrons. The second kappa shape index (κ2) is 11.9. The lowest BCUT2D eigenvalue weighted by atomic mass is 10.1. The van der Waals surface area contributed by atoms with Crippen LogP contribution < -0.4 is 4.74 Å². The first kappa shape index (κ1) is 20.7. The van der Waals surface area contributed by atoms with Crippen molar-refractivity contribution in [1.82, 2.24) is 0 Å². The summed E-state index contributed by atoms with van der Waals surface area (Å²) in [5.74, 6) is 0.416. The number of carbonyl (C=O) groups excluding carboxylic acids is 1. The number of carbonyl (C=O) groups is 1. The Hall–Kier alpha value is -2.63. The predicted octanol–water partition coefficient (Wildman–Crippen LogP) is 3.88. The first-order valence-corrected chi connectivity index (χ1v) is 8.93. The predicted molar refractivity (Wildman–Crippen MR) is 105 cm³/mol. The van der Waals surface area contributed by atoms with Crippen molar-refractivity contribution in [3.8, 4) is 16.9 Å². The fourth-order valence-electron chi connectivity index (χ4n) is 2.25. The van der Waals surface area contributed by atoms with E-state index in [1.807, 2.05) is 36.4 Å². The summed E-state index contributed by atoms with van der Waals surface area (Å²) < 4.78 is 21.4. The van der Waals surface area contributed by atoms with Gasteiger partial charge in [-0.2, -0.15) is 0 Å². The van der Waals surface area contributed by atoms with Crippen molar-refractivity contribution in [2.24, 2.45) is 0 Å². The Labute approximate surface area is 160 Å². The van der Waals surface area contributed by atoms with E-state index in [1.54, 1.807) is 6.92 Å². The van der Waals surface area contributed by atoms with Crippen LogP contribution in [-0.2, 0) is 19.0 Å². The topological polar surface area (TPSA) is 54.0 Å². The minimum Gasteiger partial charge on any atom is -0.491 e. The van der Waals surface area contributed by atoms with Gasteiger partial charge in [0.15, 0.2) is 0 Å². The Morgan fingerprint density at radius 2 is 1.44 bits per heavy atom. The zero-order chi connectivity index (χ0) is 19.3. The highest BCUT2D eigenvalue weighted by molar-refractivity contribution is 5.86. The van der Waals surface area contributed by atoms with Crippen molar-refractivity contribution in [1.29, 1.82) is 0 Å². The molecule has 5 nitrogen and oxygen atoms in total. The average Bonchev–Trinajstić information content (AvgIpc) is 2.70. The lowest BCUT2D eigenvalue weighted by molar-refractivity contribution is -0.140. The largest absolute Gasteiger partial charge is 0.491 e. The Morgan fingerprint density at radius 3 is 2.15 bits per heavy atom. The van der Waals surface area contributed by atoms with Crippen molar-refractivity contribution < 1.29 is 23.7 Å². The van der Waals surface area contributed by atoms with Crippen molar-refractivity contribution in [2.75, 3.05) is 39.6 Å². The number of hydrogen-bond acceptors (Lipinski definition) is 5. The van der Waals surface area contributed by atoms with Crippen molar-refractivity contribution in [3.63, 3.8) is 0 Å². The zero-order valence-corrected chi connectivity index (χ0v) is 15.7. The molecule has 2 rings (SSSR count). The molecule has 0 aromatic heterocycles. The number of esters is 1. The van der Waals surface area contributed by atoms with Crippen molar-refractivity contribution in [2.45, 2.75) is 6.92 Å². The summed E-state index contributed by atoms with van der Waals surface area (Å²) in [4.78, 5) is 11.2. The summed E-state index contributed by atoms with van der Waals surface area (Å²) >= 11 is 0. The molecule has 27 heavy (non-hydrogen) atoms. The molecule has 0 aliphatic heterocycles. The summed E-state index contributed by atoms with van der Waals surface area (Å²) in [7, 11) is 0. The van der Waals surface area contributed by atoms with Gasteiger partial charge < -0.3 is 18.9 Å². The Morgan fingerprint density at radius 1 is 0.815 bits per heavy atom. The summed E-state index contributed by atoms with van der Waals surface area (Å²) in [5, 5.41) is 0. The van der Waals surface area contributed by atoms with Crippen LogP contribution >= 0.6 is 0 Å². The maximum atomic E-state index is 11.2. The molecule has 0 spiro atoms. The Bertz CT molecular complexity index is 712. The van der Waals surface area contributed by atoms with Crippen molar-refractivity contribution >= 4 is 5.97 Å². The van der Waals surface area contributed by atoms with Gasteiger partial charge in [0.1, 0.15) is 19.0 Å². The summed E-state index contributed by atoms with van der Waals surface area (Å²) in [6.45, 7) is 7.51. The van der Waals surface area contributed by atoms with Crippen LogP contribution in [0.3, 0.4) is 0 Å². The molecule has 0 heterocycles. The summed E-state index contributed by atoms with van der Waals surface area (Å²) in [5.41, 5.74) is 2.66.